The minimum absolute atomic E-state index is 0.139. The van der Waals surface area contributed by atoms with E-state index >= 15 is 0 Å². The summed E-state index contributed by atoms with van der Waals surface area (Å²) in [7, 11) is 0. The van der Waals surface area contributed by atoms with Crippen molar-refractivity contribution < 1.29 is 13.2 Å². The molecule has 0 aromatic carbocycles. The zero-order valence-corrected chi connectivity index (χ0v) is 6.04. The number of nitrogens with one attached hydrogen (secondary N) is 1. The molecule has 3 nitrogen and oxygen atoms in total. The Balaban J connectivity index is 3.54. The number of halogens is 2. The van der Waals surface area contributed by atoms with Gasteiger partial charge in [-0.1, -0.05) is 0 Å². The van der Waals surface area contributed by atoms with Gasteiger partial charge in [0, 0.05) is 5.88 Å². The van der Waals surface area contributed by atoms with E-state index in [1.807, 2.05) is 5.32 Å². The van der Waals surface area contributed by atoms with Crippen LogP contribution in [0.3, 0.4) is 0 Å². The maximum Gasteiger partial charge on any atom is 0.141 e. The summed E-state index contributed by atoms with van der Waals surface area (Å²) in [5.41, 5.74) is 0. The van der Waals surface area contributed by atoms with Crippen molar-refractivity contribution in [3.8, 4) is 0 Å². The van der Waals surface area contributed by atoms with Crippen molar-refractivity contribution in [1.82, 2.24) is 5.32 Å². The first kappa shape index (κ1) is 9.29. The summed E-state index contributed by atoms with van der Waals surface area (Å²) < 4.78 is 31.4. The molecule has 0 heterocycles. The van der Waals surface area contributed by atoms with Crippen LogP contribution in [0.4, 0.5) is 4.39 Å². The summed E-state index contributed by atoms with van der Waals surface area (Å²) >= 11 is 2.78. The van der Waals surface area contributed by atoms with E-state index in [0.29, 0.717) is 0 Å². The fourth-order valence-electron chi connectivity index (χ4n) is 0.260. The van der Waals surface area contributed by atoms with Crippen LogP contribution in [-0.4, -0.2) is 26.8 Å². The van der Waals surface area contributed by atoms with Crippen molar-refractivity contribution in [3.63, 3.8) is 0 Å². The average molecular weight is 175 g/mol. The lowest BCUT2D eigenvalue weighted by atomic mass is 10.7. The average Bonchev–Trinajstić information content (AvgIpc) is 1.82. The van der Waals surface area contributed by atoms with Crippen molar-refractivity contribution in [2.75, 3.05) is 12.7 Å². The molecule has 0 rings (SSSR count). The summed E-state index contributed by atoms with van der Waals surface area (Å²) in [5.74, 6) is -0.139. The Labute approximate surface area is 59.9 Å². The highest BCUT2D eigenvalue weighted by molar-refractivity contribution is 7.79. The van der Waals surface area contributed by atoms with Gasteiger partial charge >= 0.3 is 0 Å². The molecule has 1 N–H and O–H groups in total. The molecule has 0 radical (unpaired) electrons. The van der Waals surface area contributed by atoms with Crippen LogP contribution in [0.15, 0.2) is 0 Å². The van der Waals surface area contributed by atoms with Gasteiger partial charge in [0.15, 0.2) is 0 Å². The third kappa shape index (κ3) is 3.80. The summed E-state index contributed by atoms with van der Waals surface area (Å²) in [5, 5.41) is 1.05. The first-order chi connectivity index (χ1) is 4.22. The lowest BCUT2D eigenvalue weighted by Crippen LogP contribution is -2.33. The van der Waals surface area contributed by atoms with Crippen LogP contribution in [0.2, 0.25) is 0 Å². The quantitative estimate of drug-likeness (QED) is 0.369. The van der Waals surface area contributed by atoms with Crippen LogP contribution in [0.25, 0.3) is 0 Å². The van der Waals surface area contributed by atoms with Gasteiger partial charge in [0.05, 0.1) is 5.37 Å². The molecule has 0 bridgehead atoms. The van der Waals surface area contributed by atoms with Gasteiger partial charge in [-0.15, -0.1) is 11.6 Å². The van der Waals surface area contributed by atoms with Gasteiger partial charge in [-0.3, -0.25) is 9.53 Å². The highest BCUT2D eigenvalue weighted by Crippen LogP contribution is 1.91. The monoisotopic (exact) mass is 174 g/mol. The Morgan fingerprint density at radius 3 is 2.56 bits per heavy atom. The standard InChI is InChI=1S/C3H7ClFNO2S/c4-1-3(6-2-5)9(7)8/h3,6H,1-2H2,(H,7,8)/p-1. The van der Waals surface area contributed by atoms with Crippen LogP contribution in [0, 0.1) is 0 Å². The molecule has 0 fully saturated rings. The number of alkyl halides is 2. The molecule has 9 heavy (non-hydrogen) atoms. The van der Waals surface area contributed by atoms with E-state index in [1.54, 1.807) is 0 Å². The fraction of sp³-hybridized carbons (Fsp3) is 1.00. The molecular weight excluding hydrogens is 169 g/mol. The molecule has 2 unspecified atom stereocenters. The molecule has 0 saturated heterocycles. The Hall–Kier alpha value is 0.290. The molecule has 0 aliphatic rings. The molecule has 0 saturated carbocycles. The van der Waals surface area contributed by atoms with Crippen molar-refractivity contribution >= 4 is 22.7 Å². The Kier molecular flexibility index (Phi) is 5.27. The fourth-order valence-corrected chi connectivity index (χ4v) is 0.980. The molecule has 0 amide bonds. The van der Waals surface area contributed by atoms with E-state index in [4.69, 9.17) is 11.6 Å². The minimum Gasteiger partial charge on any atom is -0.771 e. The topological polar surface area (TPSA) is 52.2 Å². The molecular formula is C3H6ClFNO2S-. The summed E-state index contributed by atoms with van der Waals surface area (Å²) in [6.07, 6.45) is 0. The highest BCUT2D eigenvalue weighted by atomic mass is 35.5. The predicted molar refractivity (Wildman–Crippen MR) is 32.5 cm³/mol. The van der Waals surface area contributed by atoms with Crippen LogP contribution in [0.5, 0.6) is 0 Å². The Morgan fingerprint density at radius 2 is 2.44 bits per heavy atom. The first-order valence-corrected chi connectivity index (χ1v) is 3.83. The maximum absolute atomic E-state index is 11.3. The van der Waals surface area contributed by atoms with Crippen LogP contribution >= 0.6 is 11.6 Å². The number of hydrogen-bond acceptors (Lipinski definition) is 3. The van der Waals surface area contributed by atoms with Crippen molar-refractivity contribution in [1.29, 1.82) is 0 Å². The van der Waals surface area contributed by atoms with Gasteiger partial charge in [0.2, 0.25) is 0 Å². The van der Waals surface area contributed by atoms with E-state index in [-0.39, 0.29) is 5.88 Å². The summed E-state index contributed by atoms with van der Waals surface area (Å²) in [6.45, 7) is -0.884. The second-order valence-corrected chi connectivity index (χ2v) is 2.64. The van der Waals surface area contributed by atoms with Crippen molar-refractivity contribution in [3.05, 3.63) is 0 Å². The second-order valence-electron chi connectivity index (χ2n) is 1.24. The summed E-state index contributed by atoms with van der Waals surface area (Å²) in [4.78, 5) is 0. The zero-order chi connectivity index (χ0) is 7.28. The summed E-state index contributed by atoms with van der Waals surface area (Å²) in [6, 6.07) is 0. The third-order valence-corrected chi connectivity index (χ3v) is 1.97. The SMILES string of the molecule is O=S([O-])C(CCl)NCF. The van der Waals surface area contributed by atoms with E-state index in [1.165, 1.54) is 0 Å². The molecule has 0 aliphatic heterocycles. The molecule has 0 aromatic rings. The third-order valence-electron chi connectivity index (χ3n) is 0.677. The van der Waals surface area contributed by atoms with Crippen LogP contribution < -0.4 is 5.32 Å². The minimum atomic E-state index is -2.34. The van der Waals surface area contributed by atoms with Crippen LogP contribution in [-0.2, 0) is 11.1 Å². The lowest BCUT2D eigenvalue weighted by Gasteiger charge is -2.15. The predicted octanol–water partition coefficient (Wildman–Crippen LogP) is -0.0530. The first-order valence-electron chi connectivity index (χ1n) is 2.15. The van der Waals surface area contributed by atoms with Gasteiger partial charge < -0.3 is 4.55 Å². The molecule has 0 aliphatic carbocycles. The lowest BCUT2D eigenvalue weighted by molar-refractivity contribution is 0.411. The largest absolute Gasteiger partial charge is 0.771 e. The van der Waals surface area contributed by atoms with E-state index in [2.05, 4.69) is 0 Å². The molecule has 0 spiro atoms. The molecule has 6 heteroatoms. The normalized spacial score (nSPS) is 17.2. The van der Waals surface area contributed by atoms with Gasteiger partial charge in [-0.05, 0) is 11.1 Å². The van der Waals surface area contributed by atoms with E-state index in [9.17, 15) is 13.2 Å². The molecule has 2 atom stereocenters. The van der Waals surface area contributed by atoms with E-state index < -0.39 is 23.3 Å². The van der Waals surface area contributed by atoms with Crippen molar-refractivity contribution in [2.45, 2.75) is 5.37 Å². The maximum atomic E-state index is 11.3. The number of hydrogen-bond donors (Lipinski definition) is 1. The highest BCUT2D eigenvalue weighted by Gasteiger charge is 2.04. The molecule has 0 aromatic heterocycles. The Morgan fingerprint density at radius 1 is 1.89 bits per heavy atom. The Bertz CT molecular complexity index is 104. The smallest absolute Gasteiger partial charge is 0.141 e. The number of rotatable bonds is 4. The second kappa shape index (κ2) is 5.10. The van der Waals surface area contributed by atoms with Crippen molar-refractivity contribution in [2.24, 2.45) is 0 Å². The van der Waals surface area contributed by atoms with Crippen LogP contribution in [0.1, 0.15) is 0 Å². The van der Waals surface area contributed by atoms with Gasteiger partial charge in [-0.2, -0.15) is 0 Å². The van der Waals surface area contributed by atoms with Gasteiger partial charge in [0.1, 0.15) is 6.80 Å². The van der Waals surface area contributed by atoms with Gasteiger partial charge in [0.25, 0.3) is 0 Å². The van der Waals surface area contributed by atoms with E-state index in [0.717, 1.165) is 0 Å². The van der Waals surface area contributed by atoms with Gasteiger partial charge in [-0.25, -0.2) is 4.39 Å². The zero-order valence-electron chi connectivity index (χ0n) is 4.47. The molecule has 56 valence electrons.